The van der Waals surface area contributed by atoms with Crippen LogP contribution in [-0.2, 0) is 29.5 Å². The lowest BCUT2D eigenvalue weighted by Crippen LogP contribution is -2.32. The van der Waals surface area contributed by atoms with Gasteiger partial charge in [-0.25, -0.2) is 14.5 Å². The van der Waals surface area contributed by atoms with Gasteiger partial charge in [0.05, 0.1) is 27.8 Å². The third-order valence-electron chi connectivity index (χ3n) is 6.51. The molecule has 0 saturated carbocycles. The Morgan fingerprint density at radius 2 is 1.83 bits per heavy atom. The second-order valence-corrected chi connectivity index (χ2v) is 8.79. The molecule has 0 bridgehead atoms. The maximum Gasteiger partial charge on any atom is 0.338 e. The number of carbonyl (C=O) groups is 2. The van der Waals surface area contributed by atoms with Crippen LogP contribution >= 0.6 is 0 Å². The standard InChI is InChI=1S/C26H25N5O5/c1-15-22(25(34)31(29(15)3)18-8-5-4-6-9-18)28-23(32)16(2)36-26(35)17-11-12-19-20(14-17)27-21-10-7-13-30(21)24(19)33/h4-6,8-9,11-12,14,16H,7,10,13H2,1-3H3,(H,28,32)/t16-/m1/s1. The average Bonchev–Trinajstić information content (AvgIpc) is 3.43. The lowest BCUT2D eigenvalue weighted by atomic mass is 10.1. The number of nitrogens with zero attached hydrogens (tertiary/aromatic N) is 4. The monoisotopic (exact) mass is 487 g/mol. The summed E-state index contributed by atoms with van der Waals surface area (Å²) >= 11 is 0. The van der Waals surface area contributed by atoms with E-state index in [1.165, 1.54) is 23.7 Å². The molecule has 1 N–H and O–H groups in total. The first-order chi connectivity index (χ1) is 17.3. The molecule has 0 unspecified atom stereocenters. The van der Waals surface area contributed by atoms with Crippen LogP contribution in [0.3, 0.4) is 0 Å². The first-order valence-electron chi connectivity index (χ1n) is 11.7. The van der Waals surface area contributed by atoms with Crippen molar-refractivity contribution in [2.24, 2.45) is 7.05 Å². The smallest absolute Gasteiger partial charge is 0.338 e. The Hall–Kier alpha value is -4.47. The van der Waals surface area contributed by atoms with E-state index < -0.39 is 23.5 Å². The van der Waals surface area contributed by atoms with E-state index in [0.29, 0.717) is 41.1 Å². The molecule has 1 amide bonds. The largest absolute Gasteiger partial charge is 0.449 e. The van der Waals surface area contributed by atoms with Gasteiger partial charge in [-0.05, 0) is 50.6 Å². The van der Waals surface area contributed by atoms with E-state index in [4.69, 9.17) is 4.74 Å². The Kier molecular flexibility index (Phi) is 5.79. The first kappa shape index (κ1) is 23.3. The molecule has 3 heterocycles. The van der Waals surface area contributed by atoms with Crippen molar-refractivity contribution in [2.45, 2.75) is 39.3 Å². The number of para-hydroxylation sites is 1. The number of hydrogen-bond acceptors (Lipinski definition) is 6. The molecule has 10 nitrogen and oxygen atoms in total. The van der Waals surface area contributed by atoms with Crippen LogP contribution in [0.5, 0.6) is 0 Å². The number of benzene rings is 2. The Bertz CT molecular complexity index is 1630. The van der Waals surface area contributed by atoms with Gasteiger partial charge in [0, 0.05) is 20.0 Å². The van der Waals surface area contributed by atoms with Crippen LogP contribution < -0.4 is 16.4 Å². The van der Waals surface area contributed by atoms with Crippen molar-refractivity contribution in [3.8, 4) is 5.69 Å². The molecule has 0 aliphatic carbocycles. The molecule has 184 valence electrons. The van der Waals surface area contributed by atoms with Gasteiger partial charge in [0.15, 0.2) is 6.10 Å². The lowest BCUT2D eigenvalue weighted by Gasteiger charge is -2.13. The normalized spacial score (nSPS) is 13.4. The van der Waals surface area contributed by atoms with E-state index in [9.17, 15) is 19.2 Å². The van der Waals surface area contributed by atoms with Gasteiger partial charge in [0.1, 0.15) is 11.5 Å². The molecule has 36 heavy (non-hydrogen) atoms. The molecule has 0 radical (unpaired) electrons. The maximum atomic E-state index is 13.0. The summed E-state index contributed by atoms with van der Waals surface area (Å²) in [6.07, 6.45) is 0.398. The van der Waals surface area contributed by atoms with E-state index in [-0.39, 0.29) is 16.8 Å². The zero-order valence-electron chi connectivity index (χ0n) is 20.1. The number of nitrogens with one attached hydrogen (secondary N) is 1. The van der Waals surface area contributed by atoms with Crippen LogP contribution in [0, 0.1) is 6.92 Å². The predicted molar refractivity (Wildman–Crippen MR) is 134 cm³/mol. The van der Waals surface area contributed by atoms with Crippen LogP contribution in [0.2, 0.25) is 0 Å². The Morgan fingerprint density at radius 1 is 1.08 bits per heavy atom. The average molecular weight is 488 g/mol. The van der Waals surface area contributed by atoms with Gasteiger partial charge < -0.3 is 10.1 Å². The van der Waals surface area contributed by atoms with E-state index in [1.807, 2.05) is 18.2 Å². The lowest BCUT2D eigenvalue weighted by molar-refractivity contribution is -0.123. The van der Waals surface area contributed by atoms with Crippen molar-refractivity contribution >= 4 is 28.5 Å². The van der Waals surface area contributed by atoms with Gasteiger partial charge in [-0.2, -0.15) is 0 Å². The van der Waals surface area contributed by atoms with Gasteiger partial charge in [-0.3, -0.25) is 23.6 Å². The highest BCUT2D eigenvalue weighted by Gasteiger charge is 2.24. The summed E-state index contributed by atoms with van der Waals surface area (Å²) in [7, 11) is 1.72. The van der Waals surface area contributed by atoms with E-state index in [1.54, 1.807) is 41.4 Å². The molecule has 5 rings (SSSR count). The molecule has 4 aromatic rings. The SMILES string of the molecule is Cc1c(NC(=O)[C@@H](C)OC(=O)c2ccc3c(=O)n4c(nc3c2)CCC4)c(=O)n(-c2ccccc2)n1C. The molecule has 1 atom stereocenters. The molecule has 0 spiro atoms. The van der Waals surface area contributed by atoms with Crippen LogP contribution in [0.15, 0.2) is 58.1 Å². The summed E-state index contributed by atoms with van der Waals surface area (Å²) < 4.78 is 10.1. The van der Waals surface area contributed by atoms with Crippen molar-refractivity contribution in [3.63, 3.8) is 0 Å². The number of anilines is 1. The number of esters is 1. The van der Waals surface area contributed by atoms with Gasteiger partial charge in [-0.1, -0.05) is 18.2 Å². The fourth-order valence-electron chi connectivity index (χ4n) is 4.43. The Morgan fingerprint density at radius 3 is 2.58 bits per heavy atom. The number of hydrogen-bond donors (Lipinski definition) is 1. The number of aromatic nitrogens is 4. The van der Waals surface area contributed by atoms with Crippen molar-refractivity contribution in [2.75, 3.05) is 5.32 Å². The van der Waals surface area contributed by atoms with Crippen LogP contribution in [0.1, 0.15) is 35.2 Å². The van der Waals surface area contributed by atoms with E-state index in [2.05, 4.69) is 10.3 Å². The predicted octanol–water partition coefficient (Wildman–Crippen LogP) is 2.32. The number of ether oxygens (including phenoxy) is 1. The number of amides is 1. The van der Waals surface area contributed by atoms with Crippen LogP contribution in [0.4, 0.5) is 5.69 Å². The number of carbonyl (C=O) groups excluding carboxylic acids is 2. The highest BCUT2D eigenvalue weighted by molar-refractivity contribution is 5.99. The molecule has 10 heteroatoms. The number of fused-ring (bicyclic) bond motifs is 2. The second kappa shape index (κ2) is 8.95. The third kappa shape index (κ3) is 3.90. The quantitative estimate of drug-likeness (QED) is 0.432. The maximum absolute atomic E-state index is 13.0. The molecular weight excluding hydrogens is 462 g/mol. The molecular formula is C26H25N5O5. The number of aryl methyl sites for hydroxylation is 1. The minimum absolute atomic E-state index is 0.110. The van der Waals surface area contributed by atoms with E-state index >= 15 is 0 Å². The van der Waals surface area contributed by atoms with Gasteiger partial charge >= 0.3 is 5.97 Å². The Balaban J connectivity index is 1.34. The molecule has 0 fully saturated rings. The van der Waals surface area contributed by atoms with Gasteiger partial charge in [0.25, 0.3) is 17.0 Å². The fraction of sp³-hybridized carbons (Fsp3) is 0.269. The summed E-state index contributed by atoms with van der Waals surface area (Å²) in [4.78, 5) is 55.8. The third-order valence-corrected chi connectivity index (χ3v) is 6.51. The highest BCUT2D eigenvalue weighted by Crippen LogP contribution is 2.18. The minimum Gasteiger partial charge on any atom is -0.449 e. The van der Waals surface area contributed by atoms with Gasteiger partial charge in [0.2, 0.25) is 0 Å². The van der Waals surface area contributed by atoms with Crippen molar-refractivity contribution in [3.05, 3.63) is 86.3 Å². The molecule has 1 aliphatic heterocycles. The van der Waals surface area contributed by atoms with Crippen molar-refractivity contribution in [1.29, 1.82) is 0 Å². The summed E-state index contributed by atoms with van der Waals surface area (Å²) in [5.41, 5.74) is 1.39. The first-order valence-corrected chi connectivity index (χ1v) is 11.7. The molecule has 2 aromatic heterocycles. The van der Waals surface area contributed by atoms with Crippen molar-refractivity contribution < 1.29 is 14.3 Å². The van der Waals surface area contributed by atoms with Crippen LogP contribution in [0.25, 0.3) is 16.6 Å². The second-order valence-electron chi connectivity index (χ2n) is 8.79. The van der Waals surface area contributed by atoms with E-state index in [0.717, 1.165) is 6.42 Å². The fourth-order valence-corrected chi connectivity index (χ4v) is 4.43. The molecule has 1 aliphatic rings. The minimum atomic E-state index is -1.17. The van der Waals surface area contributed by atoms with Crippen molar-refractivity contribution in [1.82, 2.24) is 18.9 Å². The zero-order chi connectivity index (χ0) is 25.6. The summed E-state index contributed by atoms with van der Waals surface area (Å²) in [6.45, 7) is 3.79. The molecule has 2 aromatic carbocycles. The Labute approximate surface area is 205 Å². The topological polar surface area (TPSA) is 117 Å². The van der Waals surface area contributed by atoms with Gasteiger partial charge in [-0.15, -0.1) is 0 Å². The summed E-state index contributed by atoms with van der Waals surface area (Å²) in [5.74, 6) is -0.664. The number of rotatable bonds is 5. The van der Waals surface area contributed by atoms with Crippen LogP contribution in [-0.4, -0.2) is 36.9 Å². The highest BCUT2D eigenvalue weighted by atomic mass is 16.5. The summed E-state index contributed by atoms with van der Waals surface area (Å²) in [5, 5.41) is 3.03. The molecule has 0 saturated heterocycles. The summed E-state index contributed by atoms with van der Waals surface area (Å²) in [6, 6.07) is 13.6. The zero-order valence-corrected chi connectivity index (χ0v) is 20.1.